The number of benzene rings is 2. The van der Waals surface area contributed by atoms with Gasteiger partial charge in [0.15, 0.2) is 0 Å². The van der Waals surface area contributed by atoms with E-state index in [0.717, 1.165) is 24.3 Å². The molecule has 0 bridgehead atoms. The zero-order valence-corrected chi connectivity index (χ0v) is 11.7. The number of aliphatic hydroxyl groups is 1. The van der Waals surface area contributed by atoms with Crippen LogP contribution >= 0.6 is 0 Å². The number of alkyl halides is 6. The summed E-state index contributed by atoms with van der Waals surface area (Å²) >= 11 is 0. The first-order valence-corrected chi connectivity index (χ1v) is 6.43. The largest absolute Gasteiger partial charge is 0.573 e. The van der Waals surface area contributed by atoms with Crippen molar-refractivity contribution < 1.29 is 40.9 Å². The van der Waals surface area contributed by atoms with Crippen LogP contribution in [0.4, 0.5) is 26.3 Å². The standard InChI is InChI=1S/C15H10F6O3/c16-14(17,18)23-11-5-1-9(2-6-11)13(22)10-3-7-12(8-4-10)24-15(19,20)21/h1-8,13,22H. The highest BCUT2D eigenvalue weighted by molar-refractivity contribution is 5.36. The summed E-state index contributed by atoms with van der Waals surface area (Å²) in [5, 5.41) is 10.1. The molecule has 0 heterocycles. The summed E-state index contributed by atoms with van der Waals surface area (Å²) in [6.45, 7) is 0. The van der Waals surface area contributed by atoms with Crippen LogP contribution in [0.25, 0.3) is 0 Å². The van der Waals surface area contributed by atoms with Gasteiger partial charge in [-0.2, -0.15) is 0 Å². The molecule has 2 aromatic rings. The molecule has 24 heavy (non-hydrogen) atoms. The van der Waals surface area contributed by atoms with Crippen molar-refractivity contribution in [1.29, 1.82) is 0 Å². The van der Waals surface area contributed by atoms with E-state index in [4.69, 9.17) is 0 Å². The Hall–Kier alpha value is -2.42. The summed E-state index contributed by atoms with van der Waals surface area (Å²) in [5.41, 5.74) is 0.489. The van der Waals surface area contributed by atoms with Crippen LogP contribution in [-0.4, -0.2) is 17.8 Å². The molecule has 9 heteroatoms. The smallest absolute Gasteiger partial charge is 0.406 e. The van der Waals surface area contributed by atoms with Crippen molar-refractivity contribution in [3.05, 3.63) is 59.7 Å². The number of ether oxygens (including phenoxy) is 2. The Morgan fingerprint density at radius 2 is 0.917 bits per heavy atom. The van der Waals surface area contributed by atoms with Crippen molar-refractivity contribution in [3.8, 4) is 11.5 Å². The Morgan fingerprint density at radius 3 is 1.17 bits per heavy atom. The molecule has 0 spiro atoms. The molecule has 0 aliphatic rings. The zero-order valence-electron chi connectivity index (χ0n) is 11.7. The van der Waals surface area contributed by atoms with Gasteiger partial charge in [0.25, 0.3) is 0 Å². The fraction of sp³-hybridized carbons (Fsp3) is 0.200. The van der Waals surface area contributed by atoms with Crippen molar-refractivity contribution in [2.45, 2.75) is 18.8 Å². The summed E-state index contributed by atoms with van der Waals surface area (Å²) in [6, 6.07) is 8.94. The molecule has 0 unspecified atom stereocenters. The van der Waals surface area contributed by atoms with Crippen LogP contribution in [0.5, 0.6) is 11.5 Å². The number of hydrogen-bond donors (Lipinski definition) is 1. The van der Waals surface area contributed by atoms with Crippen LogP contribution in [0.1, 0.15) is 17.2 Å². The second kappa shape index (κ2) is 6.60. The molecule has 1 N–H and O–H groups in total. The van der Waals surface area contributed by atoms with Crippen LogP contribution in [0, 0.1) is 0 Å². The van der Waals surface area contributed by atoms with Crippen LogP contribution in [0.3, 0.4) is 0 Å². The Bertz CT molecular complexity index is 602. The summed E-state index contributed by atoms with van der Waals surface area (Å²) in [6.07, 6.45) is -10.9. The van der Waals surface area contributed by atoms with Gasteiger partial charge in [0.2, 0.25) is 0 Å². The number of hydrogen-bond acceptors (Lipinski definition) is 3. The van der Waals surface area contributed by atoms with Gasteiger partial charge in [-0.15, -0.1) is 26.3 Å². The minimum Gasteiger partial charge on any atom is -0.406 e. The first-order valence-electron chi connectivity index (χ1n) is 6.43. The van der Waals surface area contributed by atoms with Crippen molar-refractivity contribution in [3.63, 3.8) is 0 Å². The lowest BCUT2D eigenvalue weighted by Gasteiger charge is -2.14. The topological polar surface area (TPSA) is 38.7 Å². The highest BCUT2D eigenvalue weighted by Gasteiger charge is 2.31. The van der Waals surface area contributed by atoms with Gasteiger partial charge in [-0.1, -0.05) is 24.3 Å². The molecule has 130 valence electrons. The maximum Gasteiger partial charge on any atom is 0.573 e. The van der Waals surface area contributed by atoms with Crippen molar-refractivity contribution >= 4 is 0 Å². The second-order valence-corrected chi connectivity index (χ2v) is 4.64. The molecular weight excluding hydrogens is 342 g/mol. The first-order chi connectivity index (χ1) is 11.0. The third-order valence-electron chi connectivity index (χ3n) is 2.86. The highest BCUT2D eigenvalue weighted by atomic mass is 19.4. The molecule has 0 atom stereocenters. The van der Waals surface area contributed by atoms with E-state index in [1.807, 2.05) is 0 Å². The van der Waals surface area contributed by atoms with Crippen LogP contribution < -0.4 is 9.47 Å². The van der Waals surface area contributed by atoms with Crippen molar-refractivity contribution in [1.82, 2.24) is 0 Å². The van der Waals surface area contributed by atoms with Gasteiger partial charge in [-0.3, -0.25) is 0 Å². The van der Waals surface area contributed by atoms with E-state index < -0.39 is 30.3 Å². The third kappa shape index (κ3) is 5.34. The number of halogens is 6. The minimum atomic E-state index is -4.82. The van der Waals surface area contributed by atoms with Gasteiger partial charge in [0, 0.05) is 0 Å². The molecule has 2 rings (SSSR count). The summed E-state index contributed by atoms with van der Waals surface area (Å²) in [5.74, 6) is -0.903. The molecule has 2 aromatic carbocycles. The van der Waals surface area contributed by atoms with Crippen LogP contribution in [0.15, 0.2) is 48.5 Å². The van der Waals surface area contributed by atoms with E-state index in [-0.39, 0.29) is 11.1 Å². The average molecular weight is 352 g/mol. The van der Waals surface area contributed by atoms with Gasteiger partial charge in [0.1, 0.15) is 17.6 Å². The SMILES string of the molecule is OC(c1ccc(OC(F)(F)F)cc1)c1ccc(OC(F)(F)F)cc1. The predicted octanol–water partition coefficient (Wildman–Crippen LogP) is 4.57. The Labute approximate surface area is 132 Å². The van der Waals surface area contributed by atoms with E-state index in [9.17, 15) is 31.4 Å². The van der Waals surface area contributed by atoms with Gasteiger partial charge in [-0.25, -0.2) is 0 Å². The molecular formula is C15H10F6O3. The van der Waals surface area contributed by atoms with Crippen molar-refractivity contribution in [2.24, 2.45) is 0 Å². The van der Waals surface area contributed by atoms with Crippen molar-refractivity contribution in [2.75, 3.05) is 0 Å². The summed E-state index contributed by atoms with van der Waals surface area (Å²) in [4.78, 5) is 0. The molecule has 0 aliphatic carbocycles. The maximum atomic E-state index is 12.1. The highest BCUT2D eigenvalue weighted by Crippen LogP contribution is 2.29. The Kier molecular flexibility index (Phi) is 4.93. The molecule has 3 nitrogen and oxygen atoms in total. The van der Waals surface area contributed by atoms with E-state index in [2.05, 4.69) is 9.47 Å². The average Bonchev–Trinajstić information content (AvgIpc) is 2.45. The lowest BCUT2D eigenvalue weighted by molar-refractivity contribution is -0.275. The molecule has 0 saturated heterocycles. The van der Waals surface area contributed by atoms with Gasteiger partial charge < -0.3 is 14.6 Å². The fourth-order valence-electron chi connectivity index (χ4n) is 1.90. The van der Waals surface area contributed by atoms with E-state index >= 15 is 0 Å². The monoisotopic (exact) mass is 352 g/mol. The van der Waals surface area contributed by atoms with E-state index in [1.165, 1.54) is 24.3 Å². The third-order valence-corrected chi connectivity index (χ3v) is 2.86. The Morgan fingerprint density at radius 1 is 0.625 bits per heavy atom. The predicted molar refractivity (Wildman–Crippen MR) is 70.3 cm³/mol. The normalized spacial score (nSPS) is 12.3. The van der Waals surface area contributed by atoms with E-state index in [0.29, 0.717) is 0 Å². The molecule has 0 saturated carbocycles. The quantitative estimate of drug-likeness (QED) is 0.820. The molecule has 0 amide bonds. The van der Waals surface area contributed by atoms with Crippen LogP contribution in [-0.2, 0) is 0 Å². The second-order valence-electron chi connectivity index (χ2n) is 4.64. The summed E-state index contributed by atoms with van der Waals surface area (Å²) in [7, 11) is 0. The first kappa shape index (κ1) is 17.9. The zero-order chi connectivity index (χ0) is 18.0. The fourth-order valence-corrected chi connectivity index (χ4v) is 1.90. The molecule has 0 aliphatic heterocycles. The van der Waals surface area contributed by atoms with Gasteiger partial charge in [0.05, 0.1) is 0 Å². The molecule has 0 aromatic heterocycles. The van der Waals surface area contributed by atoms with Gasteiger partial charge in [-0.05, 0) is 35.4 Å². The lowest BCUT2D eigenvalue weighted by atomic mass is 10.0. The molecule has 0 radical (unpaired) electrons. The summed E-state index contributed by atoms with van der Waals surface area (Å²) < 4.78 is 79.7. The van der Waals surface area contributed by atoms with E-state index in [1.54, 1.807) is 0 Å². The number of rotatable bonds is 4. The van der Waals surface area contributed by atoms with Crippen LogP contribution in [0.2, 0.25) is 0 Å². The lowest BCUT2D eigenvalue weighted by Crippen LogP contribution is -2.17. The minimum absolute atomic E-state index is 0.244. The van der Waals surface area contributed by atoms with Gasteiger partial charge >= 0.3 is 12.7 Å². The maximum absolute atomic E-state index is 12.1. The number of aliphatic hydroxyl groups excluding tert-OH is 1. The Balaban J connectivity index is 2.09. The molecule has 0 fully saturated rings.